The number of benzene rings is 3. The lowest BCUT2D eigenvalue weighted by Gasteiger charge is -2.08. The molecule has 0 aliphatic rings. The quantitative estimate of drug-likeness (QED) is 0.327. The molecule has 0 radical (unpaired) electrons. The van der Waals surface area contributed by atoms with E-state index in [9.17, 15) is 0 Å². The number of unbranched alkanes of at least 4 members (excludes halogenated alkanes) is 1. The maximum Gasteiger partial charge on any atom is 0.120 e. The molecular weight excluding hydrogens is 368 g/mol. The molecule has 3 nitrogen and oxygen atoms in total. The molecule has 0 unspecified atom stereocenters. The normalized spacial score (nSPS) is 11.1. The Morgan fingerprint density at radius 3 is 2.40 bits per heavy atom. The number of hydrogen-bond acceptors (Lipinski definition) is 2. The van der Waals surface area contributed by atoms with Crippen LogP contribution in [0.25, 0.3) is 22.2 Å². The van der Waals surface area contributed by atoms with Gasteiger partial charge < -0.3 is 15.5 Å². The lowest BCUT2D eigenvalue weighted by Crippen LogP contribution is -1.99. The van der Waals surface area contributed by atoms with E-state index in [1.807, 2.05) is 18.2 Å². The first-order valence-electron chi connectivity index (χ1n) is 10.9. The van der Waals surface area contributed by atoms with E-state index in [1.165, 1.54) is 33.3 Å². The third kappa shape index (κ3) is 4.58. The zero-order valence-corrected chi connectivity index (χ0v) is 17.7. The minimum Gasteiger partial charge on any atom is -0.489 e. The van der Waals surface area contributed by atoms with Crippen LogP contribution in [0.4, 0.5) is 0 Å². The molecular formula is C27H30N2O. The Morgan fingerprint density at radius 1 is 0.867 bits per heavy atom. The molecule has 0 bridgehead atoms. The molecule has 0 aliphatic heterocycles. The Hall–Kier alpha value is -3.04. The molecule has 4 aromatic rings. The van der Waals surface area contributed by atoms with Crippen LogP contribution in [0.5, 0.6) is 5.75 Å². The van der Waals surface area contributed by atoms with Crippen LogP contribution in [-0.2, 0) is 19.4 Å². The second-order valence-electron chi connectivity index (χ2n) is 7.76. The molecule has 1 aromatic heterocycles. The second kappa shape index (κ2) is 9.64. The van der Waals surface area contributed by atoms with Crippen molar-refractivity contribution in [3.8, 4) is 17.0 Å². The van der Waals surface area contributed by atoms with Gasteiger partial charge in [0.25, 0.3) is 0 Å². The number of aryl methyl sites for hydroxylation is 2. The summed E-state index contributed by atoms with van der Waals surface area (Å²) in [6.07, 6.45) is 4.17. The molecule has 0 atom stereocenters. The molecule has 0 saturated heterocycles. The van der Waals surface area contributed by atoms with Crippen LogP contribution in [-0.4, -0.2) is 11.5 Å². The highest BCUT2D eigenvalue weighted by Gasteiger charge is 2.14. The third-order valence-electron chi connectivity index (χ3n) is 5.66. The number of aromatic amines is 1. The van der Waals surface area contributed by atoms with Crippen LogP contribution in [0.3, 0.4) is 0 Å². The number of aromatic nitrogens is 1. The molecule has 1 heterocycles. The Morgan fingerprint density at radius 2 is 1.67 bits per heavy atom. The van der Waals surface area contributed by atoms with Gasteiger partial charge in [-0.15, -0.1) is 0 Å². The van der Waals surface area contributed by atoms with Crippen molar-refractivity contribution in [3.63, 3.8) is 0 Å². The van der Waals surface area contributed by atoms with Gasteiger partial charge in [-0.2, -0.15) is 0 Å². The van der Waals surface area contributed by atoms with Crippen molar-refractivity contribution in [2.75, 3.05) is 6.54 Å². The number of H-pyrrole nitrogens is 1. The molecule has 30 heavy (non-hydrogen) atoms. The van der Waals surface area contributed by atoms with Gasteiger partial charge in [0.05, 0.1) is 0 Å². The number of rotatable bonds is 9. The van der Waals surface area contributed by atoms with Crippen molar-refractivity contribution in [2.45, 2.75) is 39.2 Å². The maximum absolute atomic E-state index is 6.09. The topological polar surface area (TPSA) is 51.0 Å². The van der Waals surface area contributed by atoms with Crippen LogP contribution in [0.15, 0.2) is 72.8 Å². The Balaban J connectivity index is 1.67. The summed E-state index contributed by atoms with van der Waals surface area (Å²) in [6, 6.07) is 25.5. The van der Waals surface area contributed by atoms with E-state index in [4.69, 9.17) is 10.5 Å². The molecule has 0 fully saturated rings. The van der Waals surface area contributed by atoms with Gasteiger partial charge in [-0.05, 0) is 72.7 Å². The SMILES string of the molecule is CCc1ccc(-c2[nH]c3ccc(OCc4ccccc4)cc3c2CCCCN)cc1. The molecule has 4 rings (SSSR count). The number of fused-ring (bicyclic) bond motifs is 1. The first-order chi connectivity index (χ1) is 14.8. The lowest BCUT2D eigenvalue weighted by molar-refractivity contribution is 0.306. The summed E-state index contributed by atoms with van der Waals surface area (Å²) in [5.74, 6) is 0.901. The number of hydrogen-bond donors (Lipinski definition) is 2. The van der Waals surface area contributed by atoms with Crippen molar-refractivity contribution in [1.82, 2.24) is 4.98 Å². The van der Waals surface area contributed by atoms with Crippen LogP contribution >= 0.6 is 0 Å². The summed E-state index contributed by atoms with van der Waals surface area (Å²) in [4.78, 5) is 3.66. The highest BCUT2D eigenvalue weighted by atomic mass is 16.5. The van der Waals surface area contributed by atoms with Crippen LogP contribution in [0, 0.1) is 0 Å². The minimum atomic E-state index is 0.574. The zero-order valence-electron chi connectivity index (χ0n) is 17.7. The molecule has 3 aromatic carbocycles. The van der Waals surface area contributed by atoms with E-state index in [0.29, 0.717) is 6.61 Å². The predicted octanol–water partition coefficient (Wildman–Crippen LogP) is 6.26. The van der Waals surface area contributed by atoms with Crippen LogP contribution < -0.4 is 10.5 Å². The summed E-state index contributed by atoms with van der Waals surface area (Å²) in [6.45, 7) is 3.49. The minimum absolute atomic E-state index is 0.574. The second-order valence-corrected chi connectivity index (χ2v) is 7.76. The van der Waals surface area contributed by atoms with Gasteiger partial charge >= 0.3 is 0 Å². The average Bonchev–Trinajstić information content (AvgIpc) is 3.16. The van der Waals surface area contributed by atoms with E-state index in [1.54, 1.807) is 0 Å². The van der Waals surface area contributed by atoms with E-state index in [0.717, 1.165) is 43.5 Å². The van der Waals surface area contributed by atoms with E-state index < -0.39 is 0 Å². The van der Waals surface area contributed by atoms with Crippen LogP contribution in [0.1, 0.15) is 36.5 Å². The van der Waals surface area contributed by atoms with Crippen LogP contribution in [0.2, 0.25) is 0 Å². The van der Waals surface area contributed by atoms with Gasteiger partial charge in [-0.25, -0.2) is 0 Å². The lowest BCUT2D eigenvalue weighted by atomic mass is 9.99. The summed E-state index contributed by atoms with van der Waals surface area (Å²) in [5, 5.41) is 1.24. The van der Waals surface area contributed by atoms with Gasteiger partial charge in [-0.3, -0.25) is 0 Å². The Labute approximate surface area is 178 Å². The fourth-order valence-electron chi connectivity index (χ4n) is 3.92. The smallest absolute Gasteiger partial charge is 0.120 e. The fourth-order valence-corrected chi connectivity index (χ4v) is 3.92. The molecule has 154 valence electrons. The predicted molar refractivity (Wildman–Crippen MR) is 126 cm³/mol. The van der Waals surface area contributed by atoms with E-state index >= 15 is 0 Å². The summed E-state index contributed by atoms with van der Waals surface area (Å²) >= 11 is 0. The number of ether oxygens (including phenoxy) is 1. The zero-order chi connectivity index (χ0) is 20.8. The monoisotopic (exact) mass is 398 g/mol. The highest BCUT2D eigenvalue weighted by Crippen LogP contribution is 2.34. The standard InChI is InChI=1S/C27H30N2O/c1-2-20-11-13-22(14-12-20)27-24(10-6-7-17-28)25-18-23(15-16-26(25)29-27)30-19-21-8-4-3-5-9-21/h3-5,8-9,11-16,18,29H,2,6-7,10,17,19,28H2,1H3. The van der Waals surface area contributed by atoms with Crippen molar-refractivity contribution < 1.29 is 4.74 Å². The molecule has 3 N–H and O–H groups in total. The maximum atomic E-state index is 6.09. The number of nitrogens with two attached hydrogens (primary N) is 1. The highest BCUT2D eigenvalue weighted by molar-refractivity contribution is 5.91. The summed E-state index contributed by atoms with van der Waals surface area (Å²) in [5.41, 5.74) is 13.2. The first kappa shape index (κ1) is 20.2. The van der Waals surface area contributed by atoms with E-state index in [2.05, 4.69) is 66.5 Å². The van der Waals surface area contributed by atoms with Crippen molar-refractivity contribution in [2.24, 2.45) is 5.73 Å². The largest absolute Gasteiger partial charge is 0.489 e. The van der Waals surface area contributed by atoms with Gasteiger partial charge in [0.2, 0.25) is 0 Å². The summed E-state index contributed by atoms with van der Waals surface area (Å²) in [7, 11) is 0. The number of nitrogens with one attached hydrogen (secondary N) is 1. The van der Waals surface area contributed by atoms with Crippen molar-refractivity contribution >= 4 is 10.9 Å². The average molecular weight is 399 g/mol. The Kier molecular flexibility index (Phi) is 6.50. The molecule has 3 heteroatoms. The first-order valence-corrected chi connectivity index (χ1v) is 10.9. The van der Waals surface area contributed by atoms with Gasteiger partial charge in [0.15, 0.2) is 0 Å². The summed E-state index contributed by atoms with van der Waals surface area (Å²) < 4.78 is 6.09. The third-order valence-corrected chi connectivity index (χ3v) is 5.66. The van der Waals surface area contributed by atoms with Gasteiger partial charge in [0, 0.05) is 16.6 Å². The molecule has 0 spiro atoms. The van der Waals surface area contributed by atoms with E-state index in [-0.39, 0.29) is 0 Å². The fraction of sp³-hybridized carbons (Fsp3) is 0.259. The molecule has 0 amide bonds. The van der Waals surface area contributed by atoms with Crippen molar-refractivity contribution in [3.05, 3.63) is 89.5 Å². The van der Waals surface area contributed by atoms with Crippen molar-refractivity contribution in [1.29, 1.82) is 0 Å². The molecule has 0 saturated carbocycles. The molecule has 0 aliphatic carbocycles. The van der Waals surface area contributed by atoms with Gasteiger partial charge in [0.1, 0.15) is 12.4 Å². The Bertz CT molecular complexity index is 1080. The van der Waals surface area contributed by atoms with Gasteiger partial charge in [-0.1, -0.05) is 61.5 Å².